The van der Waals surface area contributed by atoms with Gasteiger partial charge in [-0.3, -0.25) is 0 Å². The highest BCUT2D eigenvalue weighted by atomic mass is 16.5. The average Bonchev–Trinajstić information content (AvgIpc) is 3.13. The second-order valence-electron chi connectivity index (χ2n) is 5.51. The van der Waals surface area contributed by atoms with Crippen molar-refractivity contribution in [3.8, 4) is 5.75 Å². The summed E-state index contributed by atoms with van der Waals surface area (Å²) in [5, 5.41) is 10.8. The molecule has 0 bridgehead atoms. The van der Waals surface area contributed by atoms with E-state index in [1.807, 2.05) is 31.2 Å². The van der Waals surface area contributed by atoms with Crippen LogP contribution in [-0.4, -0.2) is 23.9 Å². The fourth-order valence-electron chi connectivity index (χ4n) is 2.56. The van der Waals surface area contributed by atoms with Crippen LogP contribution in [-0.2, 0) is 10.3 Å². The Hall–Kier alpha value is -1.06. The summed E-state index contributed by atoms with van der Waals surface area (Å²) < 4.78 is 11.3. The normalized spacial score (nSPS) is 32.2. The molecule has 1 aliphatic carbocycles. The Balaban J connectivity index is 1.81. The fraction of sp³-hybridized carbons (Fsp3) is 0.600. The van der Waals surface area contributed by atoms with Gasteiger partial charge in [-0.05, 0) is 37.5 Å². The molecule has 2 aliphatic rings. The smallest absolute Gasteiger partial charge is 0.120 e. The SMILES string of the molecule is CC1CC(O)(c2cccc(OC3CC3)c2)CCO1. The Morgan fingerprint density at radius 3 is 2.94 bits per heavy atom. The molecule has 98 valence electrons. The lowest BCUT2D eigenvalue weighted by Crippen LogP contribution is -2.37. The van der Waals surface area contributed by atoms with Gasteiger partial charge in [0.25, 0.3) is 0 Å². The summed E-state index contributed by atoms with van der Waals surface area (Å²) in [4.78, 5) is 0. The number of benzene rings is 1. The van der Waals surface area contributed by atoms with Crippen LogP contribution in [0.3, 0.4) is 0 Å². The Bertz CT molecular complexity index is 428. The molecular formula is C15H20O3. The molecule has 1 aliphatic heterocycles. The molecule has 1 N–H and O–H groups in total. The van der Waals surface area contributed by atoms with Gasteiger partial charge in [0.2, 0.25) is 0 Å². The highest BCUT2D eigenvalue weighted by Gasteiger charge is 2.35. The number of hydrogen-bond acceptors (Lipinski definition) is 3. The molecular weight excluding hydrogens is 228 g/mol. The summed E-state index contributed by atoms with van der Waals surface area (Å²) in [6.07, 6.45) is 4.11. The number of hydrogen-bond donors (Lipinski definition) is 1. The van der Waals surface area contributed by atoms with Crippen molar-refractivity contribution < 1.29 is 14.6 Å². The van der Waals surface area contributed by atoms with Crippen molar-refractivity contribution in [1.29, 1.82) is 0 Å². The Morgan fingerprint density at radius 1 is 1.39 bits per heavy atom. The molecule has 3 nitrogen and oxygen atoms in total. The van der Waals surface area contributed by atoms with Crippen molar-refractivity contribution in [2.75, 3.05) is 6.61 Å². The summed E-state index contributed by atoms with van der Waals surface area (Å²) in [6, 6.07) is 7.90. The monoisotopic (exact) mass is 248 g/mol. The van der Waals surface area contributed by atoms with E-state index in [-0.39, 0.29) is 6.10 Å². The molecule has 0 spiro atoms. The highest BCUT2D eigenvalue weighted by molar-refractivity contribution is 5.33. The molecule has 2 fully saturated rings. The van der Waals surface area contributed by atoms with E-state index in [0.29, 0.717) is 25.6 Å². The van der Waals surface area contributed by atoms with Crippen LogP contribution in [0.4, 0.5) is 0 Å². The third-order valence-corrected chi connectivity index (χ3v) is 3.74. The lowest BCUT2D eigenvalue weighted by molar-refractivity contribution is -0.101. The topological polar surface area (TPSA) is 38.7 Å². The van der Waals surface area contributed by atoms with E-state index in [1.165, 1.54) is 0 Å². The summed E-state index contributed by atoms with van der Waals surface area (Å²) in [5.41, 5.74) is 0.191. The fourth-order valence-corrected chi connectivity index (χ4v) is 2.56. The second kappa shape index (κ2) is 4.56. The second-order valence-corrected chi connectivity index (χ2v) is 5.51. The molecule has 1 saturated heterocycles. The minimum Gasteiger partial charge on any atom is -0.490 e. The molecule has 1 aromatic rings. The van der Waals surface area contributed by atoms with Crippen LogP contribution in [0.5, 0.6) is 5.75 Å². The predicted octanol–water partition coefficient (Wildman–Crippen LogP) is 2.61. The van der Waals surface area contributed by atoms with Gasteiger partial charge >= 0.3 is 0 Å². The van der Waals surface area contributed by atoms with Crippen LogP contribution >= 0.6 is 0 Å². The third-order valence-electron chi connectivity index (χ3n) is 3.74. The predicted molar refractivity (Wildman–Crippen MR) is 68.6 cm³/mol. The van der Waals surface area contributed by atoms with Gasteiger partial charge in [0.1, 0.15) is 5.75 Å². The van der Waals surface area contributed by atoms with E-state index in [9.17, 15) is 5.11 Å². The lowest BCUT2D eigenvalue weighted by Gasteiger charge is -2.36. The molecule has 18 heavy (non-hydrogen) atoms. The van der Waals surface area contributed by atoms with Crippen molar-refractivity contribution in [2.24, 2.45) is 0 Å². The van der Waals surface area contributed by atoms with Gasteiger partial charge in [-0.15, -0.1) is 0 Å². The van der Waals surface area contributed by atoms with Gasteiger partial charge in [-0.25, -0.2) is 0 Å². The van der Waals surface area contributed by atoms with Crippen LogP contribution in [0.25, 0.3) is 0 Å². The molecule has 0 amide bonds. The van der Waals surface area contributed by atoms with Crippen LogP contribution in [0.15, 0.2) is 24.3 Å². The number of rotatable bonds is 3. The first-order valence-corrected chi connectivity index (χ1v) is 6.77. The Labute approximate surface area is 108 Å². The Kier molecular flexibility index (Phi) is 3.04. The summed E-state index contributed by atoms with van der Waals surface area (Å²) in [5.74, 6) is 0.877. The zero-order valence-corrected chi connectivity index (χ0v) is 10.8. The standard InChI is InChI=1S/C15H20O3/c1-11-10-15(16,7-8-17-11)12-3-2-4-14(9-12)18-13-5-6-13/h2-4,9,11,13,16H,5-8,10H2,1H3. The van der Waals surface area contributed by atoms with Crippen molar-refractivity contribution in [3.63, 3.8) is 0 Å². The van der Waals surface area contributed by atoms with E-state index in [2.05, 4.69) is 0 Å². The van der Waals surface area contributed by atoms with Crippen LogP contribution in [0.2, 0.25) is 0 Å². The zero-order valence-electron chi connectivity index (χ0n) is 10.8. The van der Waals surface area contributed by atoms with Gasteiger partial charge in [-0.1, -0.05) is 12.1 Å². The summed E-state index contributed by atoms with van der Waals surface area (Å²) in [7, 11) is 0. The molecule has 0 aromatic heterocycles. The number of ether oxygens (including phenoxy) is 2. The molecule has 3 heteroatoms. The maximum atomic E-state index is 10.8. The maximum absolute atomic E-state index is 10.8. The third kappa shape index (κ3) is 2.52. The van der Waals surface area contributed by atoms with Gasteiger partial charge in [0.15, 0.2) is 0 Å². The van der Waals surface area contributed by atoms with Gasteiger partial charge in [0, 0.05) is 12.8 Å². The molecule has 1 saturated carbocycles. The molecule has 1 heterocycles. The van der Waals surface area contributed by atoms with E-state index in [1.54, 1.807) is 0 Å². The van der Waals surface area contributed by atoms with Crippen molar-refractivity contribution in [2.45, 2.75) is 50.4 Å². The van der Waals surface area contributed by atoms with Crippen LogP contribution in [0, 0.1) is 0 Å². The van der Waals surface area contributed by atoms with Crippen molar-refractivity contribution in [1.82, 2.24) is 0 Å². The van der Waals surface area contributed by atoms with Crippen LogP contribution < -0.4 is 4.74 Å². The Morgan fingerprint density at radius 2 is 2.22 bits per heavy atom. The zero-order chi connectivity index (χ0) is 12.6. The van der Waals surface area contributed by atoms with E-state index >= 15 is 0 Å². The molecule has 3 rings (SSSR count). The summed E-state index contributed by atoms with van der Waals surface area (Å²) >= 11 is 0. The largest absolute Gasteiger partial charge is 0.490 e. The highest BCUT2D eigenvalue weighted by Crippen LogP contribution is 2.36. The molecule has 2 unspecified atom stereocenters. The lowest BCUT2D eigenvalue weighted by atomic mass is 9.84. The first kappa shape index (κ1) is 12.0. The first-order chi connectivity index (χ1) is 8.66. The van der Waals surface area contributed by atoms with Crippen LogP contribution in [0.1, 0.15) is 38.2 Å². The minimum atomic E-state index is -0.763. The van der Waals surface area contributed by atoms with Gasteiger partial charge < -0.3 is 14.6 Å². The first-order valence-electron chi connectivity index (χ1n) is 6.77. The molecule has 1 aromatic carbocycles. The van der Waals surface area contributed by atoms with Crippen molar-refractivity contribution in [3.05, 3.63) is 29.8 Å². The van der Waals surface area contributed by atoms with Gasteiger partial charge in [-0.2, -0.15) is 0 Å². The van der Waals surface area contributed by atoms with Gasteiger partial charge in [0.05, 0.1) is 24.4 Å². The van der Waals surface area contributed by atoms with E-state index < -0.39 is 5.60 Å². The molecule has 0 radical (unpaired) electrons. The van der Waals surface area contributed by atoms with E-state index in [0.717, 1.165) is 24.2 Å². The molecule has 2 atom stereocenters. The van der Waals surface area contributed by atoms with Crippen molar-refractivity contribution >= 4 is 0 Å². The average molecular weight is 248 g/mol. The summed E-state index contributed by atoms with van der Waals surface area (Å²) in [6.45, 7) is 2.63. The minimum absolute atomic E-state index is 0.108. The maximum Gasteiger partial charge on any atom is 0.120 e. The quantitative estimate of drug-likeness (QED) is 0.893. The van der Waals surface area contributed by atoms with E-state index in [4.69, 9.17) is 9.47 Å². The number of aliphatic hydroxyl groups is 1.